The Hall–Kier alpha value is -1.99. The van der Waals surface area contributed by atoms with Crippen molar-refractivity contribution in [2.45, 2.75) is 39.5 Å². The van der Waals surface area contributed by atoms with Crippen LogP contribution in [0.1, 0.15) is 56.0 Å². The smallest absolute Gasteiger partial charge is 0.291 e. The number of aromatic nitrogens is 3. The van der Waals surface area contributed by atoms with Gasteiger partial charge < -0.3 is 10.6 Å². The molecule has 8 heteroatoms. The third-order valence-corrected chi connectivity index (χ3v) is 4.89. The highest BCUT2D eigenvalue weighted by molar-refractivity contribution is 5.90. The lowest BCUT2D eigenvalue weighted by Crippen LogP contribution is -2.43. The summed E-state index contributed by atoms with van der Waals surface area (Å²) in [5.41, 5.74) is 0.651. The largest absolute Gasteiger partial charge is 0.349 e. The molecule has 0 unspecified atom stereocenters. The summed E-state index contributed by atoms with van der Waals surface area (Å²) in [7, 11) is 0. The van der Waals surface area contributed by atoms with Crippen molar-refractivity contribution in [2.75, 3.05) is 19.6 Å². The second-order valence-electron chi connectivity index (χ2n) is 7.58. The molecule has 1 aromatic carbocycles. The number of hydrogen-bond acceptors (Lipinski definition) is 4. The lowest BCUT2D eigenvalue weighted by atomic mass is 9.81. The van der Waals surface area contributed by atoms with Crippen LogP contribution in [0.25, 0.3) is 5.69 Å². The van der Waals surface area contributed by atoms with E-state index in [0.717, 1.165) is 25.9 Å². The fourth-order valence-corrected chi connectivity index (χ4v) is 3.17. The number of nitrogens with one attached hydrogen (secondary N) is 2. The predicted octanol–water partition coefficient (Wildman–Crippen LogP) is 3.07. The van der Waals surface area contributed by atoms with Crippen molar-refractivity contribution in [2.24, 2.45) is 5.41 Å². The van der Waals surface area contributed by atoms with Gasteiger partial charge in [-0.25, -0.2) is 14.1 Å². The minimum Gasteiger partial charge on any atom is -0.349 e. The van der Waals surface area contributed by atoms with Gasteiger partial charge in [0.05, 0.1) is 5.69 Å². The number of rotatable bonds is 5. The first-order chi connectivity index (χ1) is 12.4. The Balaban J connectivity index is 0.00000261. The molecular formula is C19H27ClFN5O. The molecule has 1 aliphatic heterocycles. The van der Waals surface area contributed by atoms with Gasteiger partial charge in [0.15, 0.2) is 0 Å². The van der Waals surface area contributed by atoms with Crippen LogP contribution in [0.2, 0.25) is 0 Å². The molecule has 1 fully saturated rings. The van der Waals surface area contributed by atoms with Crippen LogP contribution < -0.4 is 10.6 Å². The van der Waals surface area contributed by atoms with E-state index in [-0.39, 0.29) is 41.3 Å². The van der Waals surface area contributed by atoms with Gasteiger partial charge in [0.2, 0.25) is 5.82 Å². The Kier molecular flexibility index (Phi) is 6.95. The number of amides is 1. The van der Waals surface area contributed by atoms with Crippen LogP contribution in [-0.4, -0.2) is 40.3 Å². The lowest BCUT2D eigenvalue weighted by molar-refractivity contribution is 0.0912. The maximum absolute atomic E-state index is 13.6. The molecule has 3 rings (SSSR count). The topological polar surface area (TPSA) is 71.8 Å². The summed E-state index contributed by atoms with van der Waals surface area (Å²) in [6.45, 7) is 8.66. The van der Waals surface area contributed by atoms with Crippen molar-refractivity contribution in [3.8, 4) is 5.69 Å². The first-order valence-electron chi connectivity index (χ1n) is 9.10. The molecule has 1 saturated heterocycles. The van der Waals surface area contributed by atoms with Gasteiger partial charge in [-0.3, -0.25) is 4.79 Å². The van der Waals surface area contributed by atoms with Gasteiger partial charge in [-0.05, 0) is 49.5 Å². The normalized spacial score (nSPS) is 16.0. The quantitative estimate of drug-likeness (QED) is 0.816. The van der Waals surface area contributed by atoms with Crippen LogP contribution in [0.4, 0.5) is 4.39 Å². The summed E-state index contributed by atoms with van der Waals surface area (Å²) in [5, 5.41) is 10.6. The van der Waals surface area contributed by atoms with Crippen molar-refractivity contribution in [1.82, 2.24) is 25.4 Å². The monoisotopic (exact) mass is 395 g/mol. The van der Waals surface area contributed by atoms with E-state index in [2.05, 4.69) is 27.6 Å². The molecule has 148 valence electrons. The zero-order chi connectivity index (χ0) is 18.7. The average Bonchev–Trinajstić information content (AvgIpc) is 3.06. The Morgan fingerprint density at radius 3 is 2.70 bits per heavy atom. The first kappa shape index (κ1) is 21.3. The van der Waals surface area contributed by atoms with Gasteiger partial charge in [0, 0.05) is 12.5 Å². The number of benzene rings is 1. The maximum Gasteiger partial charge on any atom is 0.291 e. The fraction of sp³-hybridized carbons (Fsp3) is 0.526. The molecule has 0 aliphatic carbocycles. The van der Waals surface area contributed by atoms with Crippen molar-refractivity contribution in [1.29, 1.82) is 0 Å². The first-order valence-corrected chi connectivity index (χ1v) is 9.10. The Morgan fingerprint density at radius 1 is 1.37 bits per heavy atom. The molecular weight excluding hydrogens is 369 g/mol. The van der Waals surface area contributed by atoms with Crippen molar-refractivity contribution in [3.63, 3.8) is 0 Å². The highest BCUT2D eigenvalue weighted by Crippen LogP contribution is 2.26. The molecule has 0 bridgehead atoms. The van der Waals surface area contributed by atoms with Crippen LogP contribution in [-0.2, 0) is 0 Å². The average molecular weight is 396 g/mol. The summed E-state index contributed by atoms with van der Waals surface area (Å²) in [5.74, 6) is 0.165. The third kappa shape index (κ3) is 5.05. The standard InChI is InChI=1S/C19H26FN5O.ClH/c1-13(2)17-23-16(24-25(17)15-6-4-5-14(20)11-15)18(26)22-12-19(3)7-9-21-10-8-19;/h4-6,11,13,21H,7-10,12H2,1-3H3,(H,22,26);1H. The molecule has 2 heterocycles. The van der Waals surface area contributed by atoms with Crippen LogP contribution in [0.3, 0.4) is 0 Å². The second-order valence-corrected chi connectivity index (χ2v) is 7.58. The highest BCUT2D eigenvalue weighted by Gasteiger charge is 2.28. The molecule has 27 heavy (non-hydrogen) atoms. The van der Waals surface area contributed by atoms with E-state index in [4.69, 9.17) is 0 Å². The summed E-state index contributed by atoms with van der Waals surface area (Å²) >= 11 is 0. The summed E-state index contributed by atoms with van der Waals surface area (Å²) in [6.07, 6.45) is 2.05. The highest BCUT2D eigenvalue weighted by atomic mass is 35.5. The van der Waals surface area contributed by atoms with E-state index in [0.29, 0.717) is 18.1 Å². The van der Waals surface area contributed by atoms with Crippen LogP contribution in [0.15, 0.2) is 24.3 Å². The molecule has 6 nitrogen and oxygen atoms in total. The number of nitrogens with zero attached hydrogens (tertiary/aromatic N) is 3. The second kappa shape index (κ2) is 8.80. The minimum absolute atomic E-state index is 0. The number of piperidine rings is 1. The van der Waals surface area contributed by atoms with E-state index in [1.54, 1.807) is 16.8 Å². The molecule has 0 saturated carbocycles. The molecule has 0 spiro atoms. The van der Waals surface area contributed by atoms with Gasteiger partial charge in [-0.15, -0.1) is 17.5 Å². The van der Waals surface area contributed by atoms with E-state index in [1.807, 2.05) is 13.8 Å². The van der Waals surface area contributed by atoms with Gasteiger partial charge in [-0.1, -0.05) is 26.8 Å². The number of carbonyl (C=O) groups excluding carboxylic acids is 1. The summed E-state index contributed by atoms with van der Waals surface area (Å²) < 4.78 is 15.1. The van der Waals surface area contributed by atoms with Gasteiger partial charge in [0.1, 0.15) is 11.6 Å². The molecule has 2 aromatic rings. The van der Waals surface area contributed by atoms with Crippen LogP contribution in [0, 0.1) is 11.2 Å². The number of carbonyl (C=O) groups is 1. The maximum atomic E-state index is 13.6. The van der Waals surface area contributed by atoms with Crippen molar-refractivity contribution < 1.29 is 9.18 Å². The number of hydrogen-bond donors (Lipinski definition) is 2. The van der Waals surface area contributed by atoms with Crippen LogP contribution >= 0.6 is 12.4 Å². The predicted molar refractivity (Wildman–Crippen MR) is 105 cm³/mol. The lowest BCUT2D eigenvalue weighted by Gasteiger charge is -2.33. The molecule has 1 amide bonds. The van der Waals surface area contributed by atoms with E-state index in [1.165, 1.54) is 12.1 Å². The SMILES string of the molecule is CC(C)c1nc(C(=O)NCC2(C)CCNCC2)nn1-c1cccc(F)c1.Cl. The Bertz CT molecular complexity index is 786. The zero-order valence-corrected chi connectivity index (χ0v) is 16.8. The van der Waals surface area contributed by atoms with Crippen molar-refractivity contribution in [3.05, 3.63) is 41.7 Å². The molecule has 1 aromatic heterocycles. The zero-order valence-electron chi connectivity index (χ0n) is 16.0. The van der Waals surface area contributed by atoms with Gasteiger partial charge in [-0.2, -0.15) is 0 Å². The fourth-order valence-electron chi connectivity index (χ4n) is 3.17. The Labute approximate surface area is 165 Å². The molecule has 0 radical (unpaired) electrons. The molecule has 1 aliphatic rings. The molecule has 0 atom stereocenters. The van der Waals surface area contributed by atoms with E-state index < -0.39 is 0 Å². The van der Waals surface area contributed by atoms with Crippen LogP contribution in [0.5, 0.6) is 0 Å². The van der Waals surface area contributed by atoms with E-state index in [9.17, 15) is 9.18 Å². The minimum atomic E-state index is -0.349. The number of halogens is 2. The van der Waals surface area contributed by atoms with Gasteiger partial charge >= 0.3 is 0 Å². The summed E-state index contributed by atoms with van der Waals surface area (Å²) in [4.78, 5) is 17.0. The molecule has 2 N–H and O–H groups in total. The Morgan fingerprint density at radius 2 is 2.07 bits per heavy atom. The van der Waals surface area contributed by atoms with Gasteiger partial charge in [0.25, 0.3) is 5.91 Å². The summed E-state index contributed by atoms with van der Waals surface area (Å²) in [6, 6.07) is 6.14. The van der Waals surface area contributed by atoms with E-state index >= 15 is 0 Å². The van der Waals surface area contributed by atoms with Crippen molar-refractivity contribution >= 4 is 18.3 Å². The third-order valence-electron chi connectivity index (χ3n) is 4.89.